The van der Waals surface area contributed by atoms with Crippen LogP contribution in [0.1, 0.15) is 0 Å². The van der Waals surface area contributed by atoms with Gasteiger partial charge in [0.25, 0.3) is 0 Å². The number of pyridine rings is 1. The van der Waals surface area contributed by atoms with Crippen molar-refractivity contribution in [1.29, 1.82) is 0 Å². The molecular formula is C21H18BrN5S. The van der Waals surface area contributed by atoms with Gasteiger partial charge < -0.3 is 9.80 Å². The Morgan fingerprint density at radius 1 is 0.857 bits per heavy atom. The van der Waals surface area contributed by atoms with E-state index in [9.17, 15) is 0 Å². The van der Waals surface area contributed by atoms with Crippen molar-refractivity contribution < 1.29 is 0 Å². The van der Waals surface area contributed by atoms with E-state index in [4.69, 9.17) is 0 Å². The Morgan fingerprint density at radius 2 is 1.64 bits per heavy atom. The summed E-state index contributed by atoms with van der Waals surface area (Å²) < 4.78 is 1.00. The van der Waals surface area contributed by atoms with E-state index in [0.717, 1.165) is 52.5 Å². The number of anilines is 2. The van der Waals surface area contributed by atoms with Crippen LogP contribution in [-0.4, -0.2) is 41.1 Å². The lowest BCUT2D eigenvalue weighted by molar-refractivity contribution is 0.643. The highest BCUT2D eigenvalue weighted by molar-refractivity contribution is 9.10. The summed E-state index contributed by atoms with van der Waals surface area (Å²) >= 11 is 5.14. The average molecular weight is 452 g/mol. The molecule has 1 saturated heterocycles. The molecule has 1 aliphatic rings. The van der Waals surface area contributed by atoms with E-state index in [-0.39, 0.29) is 0 Å². The molecule has 140 valence electrons. The third-order valence-electron chi connectivity index (χ3n) is 5.05. The Bertz CT molecular complexity index is 1090. The van der Waals surface area contributed by atoms with Gasteiger partial charge >= 0.3 is 0 Å². The predicted octanol–water partition coefficient (Wildman–Crippen LogP) is 4.84. The van der Waals surface area contributed by atoms with E-state index in [1.54, 1.807) is 17.7 Å². The highest BCUT2D eigenvalue weighted by Crippen LogP contribution is 2.38. The Kier molecular flexibility index (Phi) is 4.70. The van der Waals surface area contributed by atoms with Crippen molar-refractivity contribution in [2.75, 3.05) is 36.0 Å². The molecular weight excluding hydrogens is 434 g/mol. The summed E-state index contributed by atoms with van der Waals surface area (Å²) in [6, 6.07) is 14.6. The molecule has 3 aromatic heterocycles. The van der Waals surface area contributed by atoms with Crippen molar-refractivity contribution in [3.8, 4) is 11.1 Å². The molecule has 1 aliphatic heterocycles. The first-order valence-electron chi connectivity index (χ1n) is 9.19. The third-order valence-corrected chi connectivity index (χ3v) is 6.41. The molecule has 0 atom stereocenters. The maximum atomic E-state index is 4.68. The topological polar surface area (TPSA) is 45.2 Å². The normalized spacial score (nSPS) is 14.6. The first-order chi connectivity index (χ1) is 13.8. The van der Waals surface area contributed by atoms with Gasteiger partial charge in [0, 0.05) is 47.8 Å². The summed E-state index contributed by atoms with van der Waals surface area (Å²) in [7, 11) is 0. The number of nitrogens with zero attached hydrogens (tertiary/aromatic N) is 5. The molecule has 28 heavy (non-hydrogen) atoms. The molecule has 0 radical (unpaired) electrons. The molecule has 1 aromatic carbocycles. The predicted molar refractivity (Wildman–Crippen MR) is 119 cm³/mol. The van der Waals surface area contributed by atoms with Crippen molar-refractivity contribution >= 4 is 49.1 Å². The Balaban J connectivity index is 1.44. The van der Waals surface area contributed by atoms with E-state index < -0.39 is 0 Å². The fourth-order valence-electron chi connectivity index (χ4n) is 3.63. The van der Waals surface area contributed by atoms with Gasteiger partial charge in [-0.05, 0) is 33.6 Å². The minimum absolute atomic E-state index is 0.911. The van der Waals surface area contributed by atoms with Crippen molar-refractivity contribution in [3.63, 3.8) is 0 Å². The molecule has 0 amide bonds. The van der Waals surface area contributed by atoms with Gasteiger partial charge in [-0.2, -0.15) is 0 Å². The summed E-state index contributed by atoms with van der Waals surface area (Å²) in [6.07, 6.45) is 3.54. The standard InChI is InChI=1S/C21H18BrN5S/c22-16-6-7-18(23-12-16)26-8-10-27(11-9-26)20-19-17(15-4-2-1-3-5-15)13-28-21(19)25-14-24-20/h1-7,12-14H,8-11H2. The summed E-state index contributed by atoms with van der Waals surface area (Å²) in [5.74, 6) is 2.06. The molecule has 0 spiro atoms. The van der Waals surface area contributed by atoms with E-state index in [0.29, 0.717) is 0 Å². The SMILES string of the molecule is Brc1ccc(N2CCN(c3ncnc4scc(-c5ccccc5)c34)CC2)nc1. The van der Waals surface area contributed by atoms with E-state index in [2.05, 4.69) is 76.4 Å². The van der Waals surface area contributed by atoms with E-state index >= 15 is 0 Å². The molecule has 4 heterocycles. The lowest BCUT2D eigenvalue weighted by Gasteiger charge is -2.36. The van der Waals surface area contributed by atoms with Gasteiger partial charge in [-0.1, -0.05) is 30.3 Å². The fourth-order valence-corrected chi connectivity index (χ4v) is 4.78. The van der Waals surface area contributed by atoms with Crippen LogP contribution in [0.2, 0.25) is 0 Å². The monoisotopic (exact) mass is 451 g/mol. The number of piperazine rings is 1. The van der Waals surface area contributed by atoms with Gasteiger partial charge in [0.15, 0.2) is 0 Å². The van der Waals surface area contributed by atoms with Crippen LogP contribution >= 0.6 is 27.3 Å². The number of fused-ring (bicyclic) bond motifs is 1. The largest absolute Gasteiger partial charge is 0.353 e. The maximum Gasteiger partial charge on any atom is 0.141 e. The first-order valence-corrected chi connectivity index (χ1v) is 10.9. The van der Waals surface area contributed by atoms with Gasteiger partial charge in [-0.25, -0.2) is 15.0 Å². The zero-order chi connectivity index (χ0) is 18.9. The third kappa shape index (κ3) is 3.25. The van der Waals surface area contributed by atoms with Crippen molar-refractivity contribution in [3.05, 3.63) is 64.8 Å². The number of thiophene rings is 1. The van der Waals surface area contributed by atoms with Crippen LogP contribution < -0.4 is 9.80 Å². The van der Waals surface area contributed by atoms with Gasteiger partial charge in [0.1, 0.15) is 22.8 Å². The highest BCUT2D eigenvalue weighted by atomic mass is 79.9. The van der Waals surface area contributed by atoms with Crippen LogP contribution in [0.3, 0.4) is 0 Å². The fraction of sp³-hybridized carbons (Fsp3) is 0.190. The van der Waals surface area contributed by atoms with Crippen molar-refractivity contribution in [1.82, 2.24) is 15.0 Å². The Morgan fingerprint density at radius 3 is 2.39 bits per heavy atom. The van der Waals surface area contributed by atoms with Crippen molar-refractivity contribution in [2.24, 2.45) is 0 Å². The molecule has 0 N–H and O–H groups in total. The number of aromatic nitrogens is 3. The molecule has 0 bridgehead atoms. The second-order valence-corrected chi connectivity index (χ2v) is 8.48. The van der Waals surface area contributed by atoms with Crippen LogP contribution in [0.5, 0.6) is 0 Å². The molecule has 5 rings (SSSR count). The van der Waals surface area contributed by atoms with Crippen molar-refractivity contribution in [2.45, 2.75) is 0 Å². The van der Waals surface area contributed by atoms with Gasteiger partial charge in [0.05, 0.1) is 5.39 Å². The summed E-state index contributed by atoms with van der Waals surface area (Å²) in [5, 5.41) is 3.36. The quantitative estimate of drug-likeness (QED) is 0.445. The molecule has 7 heteroatoms. The molecule has 5 nitrogen and oxygen atoms in total. The van der Waals surface area contributed by atoms with Crippen LogP contribution in [0.4, 0.5) is 11.6 Å². The molecule has 0 aliphatic carbocycles. The zero-order valence-electron chi connectivity index (χ0n) is 15.1. The zero-order valence-corrected chi connectivity index (χ0v) is 17.5. The van der Waals surface area contributed by atoms with Gasteiger partial charge in [0.2, 0.25) is 0 Å². The minimum atomic E-state index is 0.911. The molecule has 0 unspecified atom stereocenters. The maximum absolute atomic E-state index is 4.68. The smallest absolute Gasteiger partial charge is 0.141 e. The number of hydrogen-bond donors (Lipinski definition) is 0. The van der Waals surface area contributed by atoms with Crippen LogP contribution in [-0.2, 0) is 0 Å². The minimum Gasteiger partial charge on any atom is -0.353 e. The first kappa shape index (κ1) is 17.6. The second kappa shape index (κ2) is 7.48. The van der Waals surface area contributed by atoms with Crippen LogP contribution in [0.15, 0.2) is 64.8 Å². The highest BCUT2D eigenvalue weighted by Gasteiger charge is 2.23. The van der Waals surface area contributed by atoms with Crippen LogP contribution in [0.25, 0.3) is 21.3 Å². The number of hydrogen-bond acceptors (Lipinski definition) is 6. The lowest BCUT2D eigenvalue weighted by atomic mass is 10.1. The Labute approximate surface area is 175 Å². The molecule has 1 fully saturated rings. The summed E-state index contributed by atoms with van der Waals surface area (Å²) in [5.41, 5.74) is 2.43. The second-order valence-electron chi connectivity index (χ2n) is 6.70. The number of halogens is 1. The average Bonchev–Trinajstić information content (AvgIpc) is 3.19. The Hall–Kier alpha value is -2.51. The summed E-state index contributed by atoms with van der Waals surface area (Å²) in [6.45, 7) is 3.66. The van der Waals surface area contributed by atoms with Gasteiger partial charge in [-0.3, -0.25) is 0 Å². The summed E-state index contributed by atoms with van der Waals surface area (Å²) in [4.78, 5) is 19.5. The van der Waals surface area contributed by atoms with E-state index in [1.807, 2.05) is 18.3 Å². The number of rotatable bonds is 3. The van der Waals surface area contributed by atoms with Crippen LogP contribution in [0, 0.1) is 0 Å². The molecule has 0 saturated carbocycles. The van der Waals surface area contributed by atoms with E-state index in [1.165, 1.54) is 11.1 Å². The number of benzene rings is 1. The lowest BCUT2D eigenvalue weighted by Crippen LogP contribution is -2.47. The molecule has 4 aromatic rings. The van der Waals surface area contributed by atoms with Gasteiger partial charge in [-0.15, -0.1) is 11.3 Å².